The predicted molar refractivity (Wildman–Crippen MR) is 66.4 cm³/mol. The van der Waals surface area contributed by atoms with E-state index in [9.17, 15) is 4.79 Å². The maximum Gasteiger partial charge on any atom is 0.223 e. The van der Waals surface area contributed by atoms with Gasteiger partial charge < -0.3 is 10.2 Å². The molecule has 1 fully saturated rings. The summed E-state index contributed by atoms with van der Waals surface area (Å²) < 4.78 is 0. The number of amides is 1. The second-order valence-corrected chi connectivity index (χ2v) is 4.07. The molecule has 0 aliphatic carbocycles. The van der Waals surface area contributed by atoms with Crippen LogP contribution in [-0.2, 0) is 4.79 Å². The van der Waals surface area contributed by atoms with Gasteiger partial charge in [-0.25, -0.2) is 0 Å². The molecule has 1 heterocycles. The Balaban J connectivity index is 2.19. The van der Waals surface area contributed by atoms with Crippen molar-refractivity contribution >= 4 is 5.91 Å². The Morgan fingerprint density at radius 1 is 1.38 bits per heavy atom. The Bertz CT molecular complexity index is 222. The largest absolute Gasteiger partial charge is 0.340 e. The van der Waals surface area contributed by atoms with Gasteiger partial charge in [0.1, 0.15) is 0 Å². The topological polar surface area (TPSA) is 35.6 Å². The van der Waals surface area contributed by atoms with Crippen LogP contribution in [0.4, 0.5) is 0 Å². The molecule has 0 atom stereocenters. The van der Waals surface area contributed by atoms with Crippen LogP contribution < -0.4 is 5.32 Å². The van der Waals surface area contributed by atoms with Crippen LogP contribution in [-0.4, -0.2) is 61.5 Å². The molecular weight excluding hydrogens is 202 g/mol. The molecular formula is C12H23N3O. The highest BCUT2D eigenvalue weighted by Crippen LogP contribution is 2.03. The lowest BCUT2D eigenvalue weighted by Gasteiger charge is -2.34. The zero-order valence-electron chi connectivity index (χ0n) is 10.2. The maximum atomic E-state index is 11.8. The van der Waals surface area contributed by atoms with Crippen molar-refractivity contribution in [1.82, 2.24) is 15.1 Å². The van der Waals surface area contributed by atoms with Crippen molar-refractivity contribution in [3.05, 3.63) is 12.7 Å². The highest BCUT2D eigenvalue weighted by Gasteiger charge is 2.19. The van der Waals surface area contributed by atoms with E-state index in [0.29, 0.717) is 6.42 Å². The Morgan fingerprint density at radius 2 is 2.06 bits per heavy atom. The summed E-state index contributed by atoms with van der Waals surface area (Å²) in [5.74, 6) is 0.277. The molecule has 0 radical (unpaired) electrons. The van der Waals surface area contributed by atoms with E-state index >= 15 is 0 Å². The highest BCUT2D eigenvalue weighted by molar-refractivity contribution is 5.76. The Labute approximate surface area is 98.3 Å². The van der Waals surface area contributed by atoms with Crippen molar-refractivity contribution in [3.63, 3.8) is 0 Å². The lowest BCUT2D eigenvalue weighted by atomic mass is 10.2. The number of hydrogen-bond donors (Lipinski definition) is 1. The van der Waals surface area contributed by atoms with Crippen molar-refractivity contribution in [3.8, 4) is 0 Å². The molecule has 1 N–H and O–H groups in total. The van der Waals surface area contributed by atoms with E-state index in [1.165, 1.54) is 0 Å². The van der Waals surface area contributed by atoms with Crippen molar-refractivity contribution in [2.75, 3.05) is 45.8 Å². The molecule has 0 aromatic rings. The number of carbonyl (C=O) groups is 1. The molecule has 4 heteroatoms. The van der Waals surface area contributed by atoms with E-state index in [2.05, 4.69) is 23.7 Å². The molecule has 1 aliphatic heterocycles. The van der Waals surface area contributed by atoms with E-state index in [4.69, 9.17) is 0 Å². The highest BCUT2D eigenvalue weighted by atomic mass is 16.2. The van der Waals surface area contributed by atoms with Gasteiger partial charge in [0, 0.05) is 45.7 Å². The summed E-state index contributed by atoms with van der Waals surface area (Å²) in [6.45, 7) is 12.1. The lowest BCUT2D eigenvalue weighted by molar-refractivity contribution is -0.132. The summed E-state index contributed by atoms with van der Waals surface area (Å²) in [6, 6.07) is 0. The first-order valence-electron chi connectivity index (χ1n) is 6.09. The van der Waals surface area contributed by atoms with Crippen LogP contribution in [0, 0.1) is 0 Å². The second kappa shape index (κ2) is 7.41. The number of nitrogens with one attached hydrogen (secondary N) is 1. The monoisotopic (exact) mass is 225 g/mol. The lowest BCUT2D eigenvalue weighted by Crippen LogP contribution is -2.49. The zero-order valence-corrected chi connectivity index (χ0v) is 10.2. The molecule has 0 bridgehead atoms. The van der Waals surface area contributed by atoms with Crippen LogP contribution in [0.25, 0.3) is 0 Å². The van der Waals surface area contributed by atoms with Gasteiger partial charge in [0.05, 0.1) is 0 Å². The average molecular weight is 225 g/mol. The average Bonchev–Trinajstić information content (AvgIpc) is 2.30. The zero-order chi connectivity index (χ0) is 11.8. The van der Waals surface area contributed by atoms with E-state index in [1.807, 2.05) is 11.0 Å². The molecule has 0 aromatic heterocycles. The number of piperazine rings is 1. The van der Waals surface area contributed by atoms with Gasteiger partial charge in [0.2, 0.25) is 5.91 Å². The summed E-state index contributed by atoms with van der Waals surface area (Å²) in [4.78, 5) is 16.1. The van der Waals surface area contributed by atoms with Gasteiger partial charge in [0.25, 0.3) is 0 Å². The predicted octanol–water partition coefficient (Wildman–Crippen LogP) is 0.316. The van der Waals surface area contributed by atoms with Crippen LogP contribution in [0.15, 0.2) is 12.7 Å². The normalized spacial score (nSPS) is 17.4. The van der Waals surface area contributed by atoms with Gasteiger partial charge >= 0.3 is 0 Å². The molecule has 0 spiro atoms. The maximum absolute atomic E-state index is 11.8. The summed E-state index contributed by atoms with van der Waals surface area (Å²) in [7, 11) is 0. The molecule has 0 aromatic carbocycles. The van der Waals surface area contributed by atoms with Crippen molar-refractivity contribution in [1.29, 1.82) is 0 Å². The smallest absolute Gasteiger partial charge is 0.223 e. The van der Waals surface area contributed by atoms with Gasteiger partial charge in [-0.2, -0.15) is 0 Å². The van der Waals surface area contributed by atoms with Crippen LogP contribution in [0.3, 0.4) is 0 Å². The minimum Gasteiger partial charge on any atom is -0.340 e. The third-order valence-corrected chi connectivity index (χ3v) is 2.88. The SMILES string of the molecule is C=CCN1CCN(C(=O)CCNCC)CC1. The van der Waals surface area contributed by atoms with Gasteiger partial charge in [-0.15, -0.1) is 6.58 Å². The summed E-state index contributed by atoms with van der Waals surface area (Å²) in [6.07, 6.45) is 2.54. The van der Waals surface area contributed by atoms with Gasteiger partial charge in [-0.3, -0.25) is 9.69 Å². The van der Waals surface area contributed by atoms with E-state index in [0.717, 1.165) is 45.8 Å². The first-order valence-corrected chi connectivity index (χ1v) is 6.09. The molecule has 1 amide bonds. The quantitative estimate of drug-likeness (QED) is 0.522. The summed E-state index contributed by atoms with van der Waals surface area (Å²) in [5.41, 5.74) is 0. The van der Waals surface area contributed by atoms with Crippen LogP contribution in [0.5, 0.6) is 0 Å². The fraction of sp³-hybridized carbons (Fsp3) is 0.750. The fourth-order valence-corrected chi connectivity index (χ4v) is 1.89. The van der Waals surface area contributed by atoms with Crippen molar-refractivity contribution in [2.24, 2.45) is 0 Å². The summed E-state index contributed by atoms with van der Waals surface area (Å²) >= 11 is 0. The minimum atomic E-state index is 0.277. The number of carbonyl (C=O) groups excluding carboxylic acids is 1. The van der Waals surface area contributed by atoms with Crippen LogP contribution in [0.1, 0.15) is 13.3 Å². The van der Waals surface area contributed by atoms with Crippen molar-refractivity contribution in [2.45, 2.75) is 13.3 Å². The van der Waals surface area contributed by atoms with Crippen LogP contribution in [0.2, 0.25) is 0 Å². The first-order chi connectivity index (χ1) is 7.77. The minimum absolute atomic E-state index is 0.277. The molecule has 4 nitrogen and oxygen atoms in total. The third-order valence-electron chi connectivity index (χ3n) is 2.88. The van der Waals surface area contributed by atoms with Gasteiger partial charge in [-0.05, 0) is 6.54 Å². The van der Waals surface area contributed by atoms with Gasteiger partial charge in [0.15, 0.2) is 0 Å². The van der Waals surface area contributed by atoms with E-state index in [1.54, 1.807) is 0 Å². The molecule has 1 aliphatic rings. The Morgan fingerprint density at radius 3 is 2.62 bits per heavy atom. The standard InChI is InChI=1S/C12H23N3O/c1-3-7-14-8-10-15(11-9-14)12(16)5-6-13-4-2/h3,13H,1,4-11H2,2H3. The molecule has 16 heavy (non-hydrogen) atoms. The van der Waals surface area contributed by atoms with E-state index in [-0.39, 0.29) is 5.91 Å². The summed E-state index contributed by atoms with van der Waals surface area (Å²) in [5, 5.41) is 3.18. The third kappa shape index (κ3) is 4.33. The molecule has 92 valence electrons. The number of rotatable bonds is 6. The van der Waals surface area contributed by atoms with Gasteiger partial charge in [-0.1, -0.05) is 13.0 Å². The number of hydrogen-bond acceptors (Lipinski definition) is 3. The van der Waals surface area contributed by atoms with Crippen molar-refractivity contribution < 1.29 is 4.79 Å². The molecule has 0 saturated carbocycles. The second-order valence-electron chi connectivity index (χ2n) is 4.07. The van der Waals surface area contributed by atoms with Crippen LogP contribution >= 0.6 is 0 Å². The first kappa shape index (κ1) is 13.2. The van der Waals surface area contributed by atoms with E-state index < -0.39 is 0 Å². The molecule has 1 saturated heterocycles. The molecule has 1 rings (SSSR count). The molecule has 0 unspecified atom stereocenters. The Kier molecular flexibility index (Phi) is 6.11. The Hall–Kier alpha value is -0.870. The fourth-order valence-electron chi connectivity index (χ4n) is 1.89. The number of nitrogens with zero attached hydrogens (tertiary/aromatic N) is 2.